The highest BCUT2D eigenvalue weighted by atomic mass is 35.5. The maximum absolute atomic E-state index is 12.8. The van der Waals surface area contributed by atoms with Crippen LogP contribution in [0.3, 0.4) is 0 Å². The number of hydrogen-bond donors (Lipinski definition) is 2. The molecule has 2 aromatic rings. The van der Waals surface area contributed by atoms with Gasteiger partial charge in [0, 0.05) is 10.7 Å². The number of nitrogens with two attached hydrogens (primary N) is 1. The second-order valence-electron chi connectivity index (χ2n) is 5.06. The number of thiocarbonyl (C=S) groups is 1. The number of nitrogens with one attached hydrogen (secondary N) is 1. The average Bonchev–Trinajstić information content (AvgIpc) is 2.54. The number of carbonyl (C=O) groups excluding carboxylic acids is 2. The molecule has 24 heavy (non-hydrogen) atoms. The van der Waals surface area contributed by atoms with Crippen molar-refractivity contribution < 1.29 is 9.59 Å². The van der Waals surface area contributed by atoms with Gasteiger partial charge in [-0.3, -0.25) is 19.8 Å². The van der Waals surface area contributed by atoms with Gasteiger partial charge in [-0.25, -0.2) is 0 Å². The molecule has 120 valence electrons. The number of hydrogen-bond acceptors (Lipinski definition) is 4. The minimum Gasteiger partial charge on any atom is -0.398 e. The number of anilines is 2. The quantitative estimate of drug-likeness (QED) is 0.375. The smallest absolute Gasteiger partial charge is 0.270 e. The predicted molar refractivity (Wildman–Crippen MR) is 98.5 cm³/mol. The standard InChI is InChI=1S/C17H12ClN3O2S/c18-11-5-7-12(8-6-11)21-16(23)13(15(22)20-17(21)24)9-10-3-1-2-4-14(10)19/h1-9H,19H2,(H,20,22,24). The van der Waals surface area contributed by atoms with Gasteiger partial charge in [-0.15, -0.1) is 0 Å². The van der Waals surface area contributed by atoms with E-state index in [1.165, 1.54) is 11.0 Å². The molecule has 0 unspecified atom stereocenters. The lowest BCUT2D eigenvalue weighted by Crippen LogP contribution is -2.54. The van der Waals surface area contributed by atoms with E-state index < -0.39 is 11.8 Å². The van der Waals surface area contributed by atoms with Crippen LogP contribution in [0.4, 0.5) is 11.4 Å². The highest BCUT2D eigenvalue weighted by Gasteiger charge is 2.34. The number of para-hydroxylation sites is 1. The molecule has 0 radical (unpaired) electrons. The van der Waals surface area contributed by atoms with E-state index in [0.29, 0.717) is 22.0 Å². The third kappa shape index (κ3) is 3.02. The molecule has 0 aliphatic carbocycles. The third-order valence-electron chi connectivity index (χ3n) is 3.48. The Morgan fingerprint density at radius 1 is 1.08 bits per heavy atom. The van der Waals surface area contributed by atoms with Gasteiger partial charge >= 0.3 is 0 Å². The summed E-state index contributed by atoms with van der Waals surface area (Å²) < 4.78 is 0. The van der Waals surface area contributed by atoms with Crippen LogP contribution >= 0.6 is 23.8 Å². The lowest BCUT2D eigenvalue weighted by Gasteiger charge is -2.29. The molecule has 1 fully saturated rings. The number of halogens is 1. The Hall–Kier alpha value is -2.70. The summed E-state index contributed by atoms with van der Waals surface area (Å²) in [6.45, 7) is 0. The molecule has 1 aliphatic rings. The van der Waals surface area contributed by atoms with Crippen molar-refractivity contribution in [2.45, 2.75) is 0 Å². The van der Waals surface area contributed by atoms with Gasteiger partial charge in [-0.2, -0.15) is 0 Å². The second-order valence-corrected chi connectivity index (χ2v) is 5.89. The Labute approximate surface area is 148 Å². The van der Waals surface area contributed by atoms with Crippen LogP contribution in [-0.2, 0) is 9.59 Å². The minimum absolute atomic E-state index is 0.0190. The Morgan fingerprint density at radius 2 is 1.75 bits per heavy atom. The minimum atomic E-state index is -0.557. The first kappa shape index (κ1) is 16.2. The van der Waals surface area contributed by atoms with Crippen LogP contribution in [0.1, 0.15) is 5.56 Å². The molecule has 0 bridgehead atoms. The van der Waals surface area contributed by atoms with Crippen molar-refractivity contribution in [1.82, 2.24) is 5.32 Å². The van der Waals surface area contributed by atoms with Crippen LogP contribution in [0, 0.1) is 0 Å². The van der Waals surface area contributed by atoms with Crippen molar-refractivity contribution >= 4 is 58.2 Å². The van der Waals surface area contributed by atoms with E-state index in [9.17, 15) is 9.59 Å². The maximum atomic E-state index is 12.8. The molecule has 1 heterocycles. The lowest BCUT2D eigenvalue weighted by molar-refractivity contribution is -0.122. The second kappa shape index (κ2) is 6.43. The average molecular weight is 358 g/mol. The summed E-state index contributed by atoms with van der Waals surface area (Å²) >= 11 is 11.0. The van der Waals surface area contributed by atoms with Gasteiger partial charge < -0.3 is 5.73 Å². The number of nitrogen functional groups attached to an aromatic ring is 1. The molecule has 0 spiro atoms. The van der Waals surface area contributed by atoms with E-state index in [1.54, 1.807) is 48.5 Å². The Kier molecular flexibility index (Phi) is 4.33. The fraction of sp³-hybridized carbons (Fsp3) is 0. The molecular formula is C17H12ClN3O2S. The molecule has 2 aromatic carbocycles. The predicted octanol–water partition coefficient (Wildman–Crippen LogP) is 2.75. The molecule has 0 atom stereocenters. The number of benzene rings is 2. The highest BCUT2D eigenvalue weighted by molar-refractivity contribution is 7.80. The number of amides is 2. The SMILES string of the molecule is Nc1ccccc1C=C1C(=O)NC(=S)N(c2ccc(Cl)cc2)C1=O. The van der Waals surface area contributed by atoms with Crippen molar-refractivity contribution in [2.24, 2.45) is 0 Å². The van der Waals surface area contributed by atoms with Crippen molar-refractivity contribution in [3.63, 3.8) is 0 Å². The van der Waals surface area contributed by atoms with Gasteiger partial charge in [0.1, 0.15) is 5.57 Å². The van der Waals surface area contributed by atoms with E-state index in [-0.39, 0.29) is 10.7 Å². The zero-order valence-corrected chi connectivity index (χ0v) is 13.9. The van der Waals surface area contributed by atoms with Gasteiger partial charge in [0.2, 0.25) is 0 Å². The summed E-state index contributed by atoms with van der Waals surface area (Å²) in [5.41, 5.74) is 7.40. The summed E-state index contributed by atoms with van der Waals surface area (Å²) in [6.07, 6.45) is 1.46. The number of carbonyl (C=O) groups is 2. The van der Waals surface area contributed by atoms with Crippen molar-refractivity contribution in [3.05, 3.63) is 64.7 Å². The summed E-state index contributed by atoms with van der Waals surface area (Å²) in [6, 6.07) is 13.5. The molecule has 3 N–H and O–H groups in total. The molecule has 1 saturated heterocycles. The Balaban J connectivity index is 2.03. The van der Waals surface area contributed by atoms with Crippen LogP contribution in [0.25, 0.3) is 6.08 Å². The van der Waals surface area contributed by atoms with Gasteiger partial charge in [0.15, 0.2) is 5.11 Å². The molecule has 7 heteroatoms. The number of nitrogens with zero attached hydrogens (tertiary/aromatic N) is 1. The van der Waals surface area contributed by atoms with E-state index in [2.05, 4.69) is 5.32 Å². The molecular weight excluding hydrogens is 346 g/mol. The first-order valence-corrected chi connectivity index (χ1v) is 7.77. The topological polar surface area (TPSA) is 75.4 Å². The van der Waals surface area contributed by atoms with Gasteiger partial charge in [-0.05, 0) is 54.2 Å². The third-order valence-corrected chi connectivity index (χ3v) is 4.02. The van der Waals surface area contributed by atoms with Crippen LogP contribution in [0.5, 0.6) is 0 Å². The van der Waals surface area contributed by atoms with E-state index in [1.807, 2.05) is 0 Å². The van der Waals surface area contributed by atoms with E-state index >= 15 is 0 Å². The Bertz CT molecular complexity index is 878. The zero-order chi connectivity index (χ0) is 17.3. The highest BCUT2D eigenvalue weighted by Crippen LogP contribution is 2.24. The van der Waals surface area contributed by atoms with Gasteiger partial charge in [-0.1, -0.05) is 29.8 Å². The largest absolute Gasteiger partial charge is 0.398 e. The zero-order valence-electron chi connectivity index (χ0n) is 12.3. The molecule has 2 amide bonds. The Morgan fingerprint density at radius 3 is 2.42 bits per heavy atom. The van der Waals surface area contributed by atoms with Crippen LogP contribution in [0.15, 0.2) is 54.1 Å². The van der Waals surface area contributed by atoms with Crippen LogP contribution in [-0.4, -0.2) is 16.9 Å². The fourth-order valence-electron chi connectivity index (χ4n) is 2.28. The molecule has 3 rings (SSSR count). The van der Waals surface area contributed by atoms with Crippen LogP contribution in [0.2, 0.25) is 5.02 Å². The maximum Gasteiger partial charge on any atom is 0.270 e. The van der Waals surface area contributed by atoms with Gasteiger partial charge in [0.05, 0.1) is 5.69 Å². The van der Waals surface area contributed by atoms with Crippen molar-refractivity contribution in [2.75, 3.05) is 10.6 Å². The summed E-state index contributed by atoms with van der Waals surface area (Å²) in [5.74, 6) is -1.08. The first-order chi connectivity index (χ1) is 11.5. The van der Waals surface area contributed by atoms with Crippen LogP contribution < -0.4 is 16.0 Å². The molecule has 5 nitrogen and oxygen atoms in total. The van der Waals surface area contributed by atoms with Crippen molar-refractivity contribution in [3.8, 4) is 0 Å². The van der Waals surface area contributed by atoms with E-state index in [0.717, 1.165) is 0 Å². The van der Waals surface area contributed by atoms with Crippen molar-refractivity contribution in [1.29, 1.82) is 0 Å². The van der Waals surface area contributed by atoms with Gasteiger partial charge in [0.25, 0.3) is 11.8 Å². The normalized spacial score (nSPS) is 16.5. The molecule has 1 aliphatic heterocycles. The summed E-state index contributed by atoms with van der Waals surface area (Å²) in [5, 5.41) is 3.07. The molecule has 0 aromatic heterocycles. The first-order valence-electron chi connectivity index (χ1n) is 6.99. The molecule has 0 saturated carbocycles. The fourth-order valence-corrected chi connectivity index (χ4v) is 2.69. The van der Waals surface area contributed by atoms with E-state index in [4.69, 9.17) is 29.6 Å². The monoisotopic (exact) mass is 357 g/mol. The lowest BCUT2D eigenvalue weighted by atomic mass is 10.1. The number of rotatable bonds is 2. The summed E-state index contributed by atoms with van der Waals surface area (Å²) in [4.78, 5) is 26.2. The summed E-state index contributed by atoms with van der Waals surface area (Å²) in [7, 11) is 0.